The minimum absolute atomic E-state index is 0.489. The van der Waals surface area contributed by atoms with E-state index in [1.807, 2.05) is 0 Å². The molecule has 0 aliphatic heterocycles. The van der Waals surface area contributed by atoms with E-state index in [-0.39, 0.29) is 0 Å². The van der Waals surface area contributed by atoms with E-state index in [2.05, 4.69) is 108 Å². The Morgan fingerprint density at radius 3 is 1.38 bits per heavy atom. The smallest absolute Gasteiger partial charge is 0.176 e. The predicted octanol–water partition coefficient (Wildman–Crippen LogP) is 5.17. The van der Waals surface area contributed by atoms with E-state index in [0.717, 1.165) is 12.8 Å². The summed E-state index contributed by atoms with van der Waals surface area (Å²) in [6, 6.07) is 22.5. The van der Waals surface area contributed by atoms with Gasteiger partial charge in [0.25, 0.3) is 0 Å². The Hall–Kier alpha value is -2.74. The van der Waals surface area contributed by atoms with E-state index in [0.29, 0.717) is 12.1 Å². The molecule has 0 saturated heterocycles. The maximum absolute atomic E-state index is 2.35. The number of hydrogen-bond acceptors (Lipinski definition) is 0. The van der Waals surface area contributed by atoms with Gasteiger partial charge in [0.15, 0.2) is 36.9 Å². The summed E-state index contributed by atoms with van der Waals surface area (Å²) in [5.41, 5.74) is 0. The SMILES string of the molecule is C[C@@H](CC[C@H](C)[n+]1ccc2ccccc2c1)[n+]1ccc2ccccc2c1. The number of aromatic nitrogens is 2. The van der Waals surface area contributed by atoms with E-state index >= 15 is 0 Å². The normalized spacial score (nSPS) is 13.8. The lowest BCUT2D eigenvalue weighted by atomic mass is 10.1. The van der Waals surface area contributed by atoms with Crippen molar-refractivity contribution in [1.82, 2.24) is 0 Å². The van der Waals surface area contributed by atoms with Gasteiger partial charge in [0, 0.05) is 35.7 Å². The molecule has 2 heteroatoms. The Morgan fingerprint density at radius 2 is 0.962 bits per heavy atom. The largest absolute Gasteiger partial charge is 0.202 e. The standard InChI is InChI=1S/C24H26N2/c1-19(25-15-13-21-7-3-5-9-23(21)17-25)11-12-20(2)26-16-14-22-8-4-6-10-24(22)18-26/h3-10,13-20H,11-12H2,1-2H3/q+2/t19-,20-/m0/s1. The summed E-state index contributed by atoms with van der Waals surface area (Å²) in [6.07, 6.45) is 11.3. The first-order valence-corrected chi connectivity index (χ1v) is 9.50. The van der Waals surface area contributed by atoms with Crippen LogP contribution in [0.25, 0.3) is 21.5 Å². The van der Waals surface area contributed by atoms with Crippen LogP contribution in [0.2, 0.25) is 0 Å². The summed E-state index contributed by atoms with van der Waals surface area (Å²) in [5, 5.41) is 5.21. The average Bonchev–Trinajstić information content (AvgIpc) is 2.71. The van der Waals surface area contributed by atoms with E-state index in [1.165, 1.54) is 21.5 Å². The van der Waals surface area contributed by atoms with Gasteiger partial charge in [0.05, 0.1) is 0 Å². The molecule has 0 bridgehead atoms. The highest BCUT2D eigenvalue weighted by atomic mass is 15.0. The van der Waals surface area contributed by atoms with Gasteiger partial charge < -0.3 is 0 Å². The fraction of sp³-hybridized carbons (Fsp3) is 0.250. The van der Waals surface area contributed by atoms with Gasteiger partial charge in [-0.3, -0.25) is 0 Å². The van der Waals surface area contributed by atoms with Crippen LogP contribution in [0.4, 0.5) is 0 Å². The minimum atomic E-state index is 0.489. The molecule has 26 heavy (non-hydrogen) atoms. The Balaban J connectivity index is 1.46. The Bertz CT molecular complexity index is 953. The number of fused-ring (bicyclic) bond motifs is 2. The fourth-order valence-electron chi connectivity index (χ4n) is 3.63. The zero-order valence-corrected chi connectivity index (χ0v) is 15.5. The van der Waals surface area contributed by atoms with Crippen molar-refractivity contribution in [2.75, 3.05) is 0 Å². The molecule has 0 amide bonds. The molecule has 2 aromatic heterocycles. The van der Waals surface area contributed by atoms with Crippen LogP contribution in [-0.2, 0) is 0 Å². The third-order valence-electron chi connectivity index (χ3n) is 5.44. The molecule has 4 rings (SSSR count). The number of hydrogen-bond donors (Lipinski definition) is 0. The van der Waals surface area contributed by atoms with Crippen molar-refractivity contribution in [3.8, 4) is 0 Å². The van der Waals surface area contributed by atoms with Gasteiger partial charge >= 0.3 is 0 Å². The van der Waals surface area contributed by atoms with E-state index in [4.69, 9.17) is 0 Å². The van der Waals surface area contributed by atoms with Crippen molar-refractivity contribution in [1.29, 1.82) is 0 Å². The Morgan fingerprint density at radius 1 is 0.577 bits per heavy atom. The molecular formula is C24H26N2+2. The number of benzene rings is 2. The van der Waals surface area contributed by atoms with Crippen molar-refractivity contribution in [2.24, 2.45) is 0 Å². The van der Waals surface area contributed by atoms with E-state index in [9.17, 15) is 0 Å². The van der Waals surface area contributed by atoms with Crippen molar-refractivity contribution in [3.05, 3.63) is 85.5 Å². The molecule has 0 fully saturated rings. The van der Waals surface area contributed by atoms with Gasteiger partial charge in [0.2, 0.25) is 0 Å². The minimum Gasteiger partial charge on any atom is -0.202 e. The second-order valence-electron chi connectivity index (χ2n) is 7.32. The average molecular weight is 342 g/mol. The fourth-order valence-corrected chi connectivity index (χ4v) is 3.63. The molecule has 0 spiro atoms. The van der Waals surface area contributed by atoms with Gasteiger partial charge in [-0.25, -0.2) is 9.13 Å². The topological polar surface area (TPSA) is 7.76 Å². The second kappa shape index (κ2) is 7.25. The molecule has 2 atom stereocenters. The molecule has 2 nitrogen and oxygen atoms in total. The summed E-state index contributed by atoms with van der Waals surface area (Å²) >= 11 is 0. The van der Waals surface area contributed by atoms with Crippen LogP contribution < -0.4 is 9.13 Å². The number of rotatable bonds is 5. The van der Waals surface area contributed by atoms with Crippen LogP contribution in [-0.4, -0.2) is 0 Å². The van der Waals surface area contributed by atoms with Crippen LogP contribution >= 0.6 is 0 Å². The zero-order valence-electron chi connectivity index (χ0n) is 15.5. The van der Waals surface area contributed by atoms with E-state index in [1.54, 1.807) is 0 Å². The van der Waals surface area contributed by atoms with Gasteiger partial charge in [-0.1, -0.05) is 36.4 Å². The summed E-state index contributed by atoms with van der Waals surface area (Å²) in [5.74, 6) is 0. The highest BCUT2D eigenvalue weighted by Crippen LogP contribution is 2.17. The van der Waals surface area contributed by atoms with Gasteiger partial charge in [-0.2, -0.15) is 0 Å². The molecule has 2 aromatic carbocycles. The van der Waals surface area contributed by atoms with Crippen molar-refractivity contribution < 1.29 is 9.13 Å². The number of pyridine rings is 2. The molecule has 0 radical (unpaired) electrons. The van der Waals surface area contributed by atoms with Crippen molar-refractivity contribution in [2.45, 2.75) is 38.8 Å². The zero-order chi connectivity index (χ0) is 17.9. The predicted molar refractivity (Wildman–Crippen MR) is 107 cm³/mol. The van der Waals surface area contributed by atoms with Crippen LogP contribution in [0.15, 0.2) is 85.5 Å². The van der Waals surface area contributed by atoms with Crippen LogP contribution in [0.3, 0.4) is 0 Å². The van der Waals surface area contributed by atoms with Gasteiger partial charge in [-0.05, 0) is 36.8 Å². The molecule has 0 unspecified atom stereocenters. The molecule has 0 aliphatic carbocycles. The lowest BCUT2D eigenvalue weighted by molar-refractivity contribution is -0.731. The molecule has 4 aromatic rings. The monoisotopic (exact) mass is 342 g/mol. The second-order valence-corrected chi connectivity index (χ2v) is 7.32. The molecule has 0 aliphatic rings. The van der Waals surface area contributed by atoms with Crippen LogP contribution in [0, 0.1) is 0 Å². The Kier molecular flexibility index (Phi) is 4.66. The first kappa shape index (κ1) is 16.7. The van der Waals surface area contributed by atoms with Crippen LogP contribution in [0.1, 0.15) is 38.8 Å². The first-order valence-electron chi connectivity index (χ1n) is 9.50. The lowest BCUT2D eigenvalue weighted by Crippen LogP contribution is -2.40. The Labute approximate surface area is 155 Å². The maximum atomic E-state index is 2.35. The molecule has 2 heterocycles. The third-order valence-corrected chi connectivity index (χ3v) is 5.44. The van der Waals surface area contributed by atoms with Gasteiger partial charge in [0.1, 0.15) is 0 Å². The third kappa shape index (κ3) is 3.45. The summed E-state index contributed by atoms with van der Waals surface area (Å²) in [6.45, 7) is 4.62. The van der Waals surface area contributed by atoms with Gasteiger partial charge in [-0.15, -0.1) is 0 Å². The lowest BCUT2D eigenvalue weighted by Gasteiger charge is -2.11. The highest BCUT2D eigenvalue weighted by Gasteiger charge is 2.19. The van der Waals surface area contributed by atoms with Crippen LogP contribution in [0.5, 0.6) is 0 Å². The molecular weight excluding hydrogens is 316 g/mol. The van der Waals surface area contributed by atoms with Crippen molar-refractivity contribution in [3.63, 3.8) is 0 Å². The summed E-state index contributed by atoms with van der Waals surface area (Å²) in [7, 11) is 0. The number of nitrogens with zero attached hydrogens (tertiary/aromatic N) is 2. The quantitative estimate of drug-likeness (QED) is 0.442. The van der Waals surface area contributed by atoms with E-state index < -0.39 is 0 Å². The van der Waals surface area contributed by atoms with Crippen molar-refractivity contribution >= 4 is 21.5 Å². The molecule has 130 valence electrons. The first-order chi connectivity index (χ1) is 12.7. The summed E-state index contributed by atoms with van der Waals surface area (Å²) < 4.78 is 4.69. The molecule has 0 saturated carbocycles. The summed E-state index contributed by atoms with van der Waals surface area (Å²) in [4.78, 5) is 0. The molecule has 0 N–H and O–H groups in total. The highest BCUT2D eigenvalue weighted by molar-refractivity contribution is 5.80. The maximum Gasteiger partial charge on any atom is 0.176 e.